The molecule has 0 bridgehead atoms. The van der Waals surface area contributed by atoms with Crippen LogP contribution in [-0.2, 0) is 17.9 Å². The van der Waals surface area contributed by atoms with Crippen LogP contribution in [-0.4, -0.2) is 38.1 Å². The Hall–Kier alpha value is -3.18. The molecular formula is C22H21ClF4N4O3. The number of carbonyl (C=O) groups excluding carboxylic acids is 1. The number of aliphatic hydroxyl groups excluding tert-OH is 1. The van der Waals surface area contributed by atoms with Crippen LogP contribution < -0.4 is 11.0 Å². The highest BCUT2D eigenvalue weighted by Crippen LogP contribution is 2.24. The molecule has 12 heteroatoms. The third-order valence-corrected chi connectivity index (χ3v) is 5.22. The predicted octanol–water partition coefficient (Wildman–Crippen LogP) is 3.70. The van der Waals surface area contributed by atoms with Crippen molar-refractivity contribution in [3.8, 4) is 11.4 Å². The van der Waals surface area contributed by atoms with Gasteiger partial charge in [-0.3, -0.25) is 9.36 Å². The minimum Gasteiger partial charge on any atom is -0.396 e. The number of carbonyl (C=O) groups is 1. The first-order chi connectivity index (χ1) is 16.1. The van der Waals surface area contributed by atoms with Crippen LogP contribution in [0.15, 0.2) is 53.3 Å². The Morgan fingerprint density at radius 3 is 2.44 bits per heavy atom. The fourth-order valence-corrected chi connectivity index (χ4v) is 3.49. The number of aliphatic hydroxyl groups is 1. The minimum atomic E-state index is -4.51. The highest BCUT2D eigenvalue weighted by Gasteiger charge is 2.29. The summed E-state index contributed by atoms with van der Waals surface area (Å²) < 4.78 is 54.2. The topological polar surface area (TPSA) is 89.2 Å². The molecule has 1 amide bonds. The molecule has 1 heterocycles. The van der Waals surface area contributed by atoms with E-state index in [2.05, 4.69) is 10.4 Å². The molecule has 1 unspecified atom stereocenters. The lowest BCUT2D eigenvalue weighted by Crippen LogP contribution is -2.36. The highest BCUT2D eigenvalue weighted by atomic mass is 35.5. The van der Waals surface area contributed by atoms with Crippen LogP contribution in [0.25, 0.3) is 11.4 Å². The number of nitrogens with zero attached hydrogens (tertiary/aromatic N) is 3. The number of aromatic nitrogens is 3. The van der Waals surface area contributed by atoms with Crippen molar-refractivity contribution in [2.75, 3.05) is 6.61 Å². The quantitative estimate of drug-likeness (QED) is 0.439. The van der Waals surface area contributed by atoms with E-state index in [4.69, 9.17) is 11.6 Å². The molecule has 3 rings (SSSR count). The van der Waals surface area contributed by atoms with Gasteiger partial charge in [0.25, 0.3) is 0 Å². The smallest absolute Gasteiger partial charge is 0.390 e. The third-order valence-electron chi connectivity index (χ3n) is 4.97. The molecule has 7 nitrogen and oxygen atoms in total. The molecule has 0 saturated carbocycles. The van der Waals surface area contributed by atoms with Gasteiger partial charge in [-0.05, 0) is 36.8 Å². The summed E-state index contributed by atoms with van der Waals surface area (Å²) in [5, 5.41) is 16.3. The van der Waals surface area contributed by atoms with Crippen LogP contribution in [0.4, 0.5) is 17.6 Å². The van der Waals surface area contributed by atoms with Crippen molar-refractivity contribution in [1.29, 1.82) is 0 Å². The van der Waals surface area contributed by atoms with Gasteiger partial charge in [0.15, 0.2) is 5.82 Å². The second kappa shape index (κ2) is 10.8. The Kier molecular flexibility index (Phi) is 8.11. The van der Waals surface area contributed by atoms with Gasteiger partial charge in [0, 0.05) is 29.3 Å². The van der Waals surface area contributed by atoms with Crippen molar-refractivity contribution < 1.29 is 27.5 Å². The van der Waals surface area contributed by atoms with Crippen LogP contribution >= 0.6 is 11.6 Å². The number of hydrogen-bond acceptors (Lipinski definition) is 4. The first-order valence-electron chi connectivity index (χ1n) is 10.2. The summed E-state index contributed by atoms with van der Waals surface area (Å²) in [6.45, 7) is -1.65. The summed E-state index contributed by atoms with van der Waals surface area (Å²) in [5.74, 6) is -1.37. The van der Waals surface area contributed by atoms with E-state index in [-0.39, 0.29) is 24.4 Å². The molecule has 2 aromatic carbocycles. The molecule has 3 aromatic rings. The van der Waals surface area contributed by atoms with Crippen molar-refractivity contribution in [2.45, 2.75) is 38.1 Å². The molecule has 34 heavy (non-hydrogen) atoms. The monoisotopic (exact) mass is 500 g/mol. The van der Waals surface area contributed by atoms with Gasteiger partial charge in [0.2, 0.25) is 5.91 Å². The van der Waals surface area contributed by atoms with E-state index in [1.54, 1.807) is 6.07 Å². The van der Waals surface area contributed by atoms with Crippen LogP contribution in [0.3, 0.4) is 0 Å². The van der Waals surface area contributed by atoms with Crippen LogP contribution in [0, 0.1) is 5.82 Å². The zero-order valence-corrected chi connectivity index (χ0v) is 18.5. The normalized spacial score (nSPS) is 12.5. The molecule has 1 atom stereocenters. The van der Waals surface area contributed by atoms with E-state index in [0.717, 1.165) is 9.25 Å². The minimum absolute atomic E-state index is 0.0115. The van der Waals surface area contributed by atoms with E-state index >= 15 is 0 Å². The number of nitrogens with one attached hydrogen (secondary N) is 1. The Bertz CT molecular complexity index is 1190. The Balaban J connectivity index is 1.88. The van der Waals surface area contributed by atoms with E-state index in [9.17, 15) is 32.3 Å². The lowest BCUT2D eigenvalue weighted by atomic mass is 10.0. The molecule has 0 radical (unpaired) electrons. The number of amides is 1. The van der Waals surface area contributed by atoms with Gasteiger partial charge in [-0.2, -0.15) is 13.2 Å². The van der Waals surface area contributed by atoms with Crippen LogP contribution in [0.1, 0.15) is 24.4 Å². The lowest BCUT2D eigenvalue weighted by Gasteiger charge is -2.18. The second-order valence-corrected chi connectivity index (χ2v) is 7.88. The first-order valence-corrected chi connectivity index (χ1v) is 10.6. The summed E-state index contributed by atoms with van der Waals surface area (Å²) in [6.07, 6.45) is -5.76. The van der Waals surface area contributed by atoms with Gasteiger partial charge in [-0.25, -0.2) is 13.9 Å². The summed E-state index contributed by atoms with van der Waals surface area (Å²) in [7, 11) is 0. The van der Waals surface area contributed by atoms with E-state index in [1.165, 1.54) is 42.5 Å². The molecule has 0 aliphatic rings. The van der Waals surface area contributed by atoms with Gasteiger partial charge in [0.05, 0.1) is 12.5 Å². The van der Waals surface area contributed by atoms with Crippen LogP contribution in [0.2, 0.25) is 5.02 Å². The SMILES string of the molecule is O=C(Cn1nc(-c2ccc(Cl)cc2)n(CCC(F)(F)F)c1=O)NC(CCO)c1ccccc1F. The van der Waals surface area contributed by atoms with E-state index in [1.807, 2.05) is 0 Å². The van der Waals surface area contributed by atoms with Crippen LogP contribution in [0.5, 0.6) is 0 Å². The summed E-state index contributed by atoms with van der Waals surface area (Å²) >= 11 is 5.86. The molecule has 1 aromatic heterocycles. The molecule has 182 valence electrons. The fourth-order valence-electron chi connectivity index (χ4n) is 3.36. The number of alkyl halides is 3. The zero-order chi connectivity index (χ0) is 24.9. The number of hydrogen-bond donors (Lipinski definition) is 2. The molecule has 0 aliphatic carbocycles. The Morgan fingerprint density at radius 2 is 1.82 bits per heavy atom. The molecule has 0 aliphatic heterocycles. The fraction of sp³-hybridized carbons (Fsp3) is 0.318. The summed E-state index contributed by atoms with van der Waals surface area (Å²) in [4.78, 5) is 25.4. The number of benzene rings is 2. The van der Waals surface area contributed by atoms with Gasteiger partial charge >= 0.3 is 11.9 Å². The second-order valence-electron chi connectivity index (χ2n) is 7.44. The summed E-state index contributed by atoms with van der Waals surface area (Å²) in [5.41, 5.74) is -0.420. The Morgan fingerprint density at radius 1 is 1.15 bits per heavy atom. The maximum Gasteiger partial charge on any atom is 0.390 e. The van der Waals surface area contributed by atoms with Crippen molar-refractivity contribution >= 4 is 17.5 Å². The van der Waals surface area contributed by atoms with Gasteiger partial charge in [-0.1, -0.05) is 29.8 Å². The standard InChI is InChI=1S/C22H21ClF4N4O3/c23-15-7-5-14(6-8-15)20-29-31(21(34)30(20)11-10-22(25,26)27)13-19(33)28-18(9-12-32)16-3-1-2-4-17(16)24/h1-8,18,32H,9-13H2,(H,28,33). The predicted molar refractivity (Wildman–Crippen MR) is 117 cm³/mol. The number of halogens is 5. The largest absolute Gasteiger partial charge is 0.396 e. The van der Waals surface area contributed by atoms with Crippen molar-refractivity contribution in [3.63, 3.8) is 0 Å². The third kappa shape index (κ3) is 6.45. The molecular weight excluding hydrogens is 480 g/mol. The average molecular weight is 501 g/mol. The average Bonchev–Trinajstić information content (AvgIpc) is 3.07. The highest BCUT2D eigenvalue weighted by molar-refractivity contribution is 6.30. The zero-order valence-electron chi connectivity index (χ0n) is 17.7. The first kappa shape index (κ1) is 25.4. The van der Waals surface area contributed by atoms with Crippen molar-refractivity contribution in [2.24, 2.45) is 0 Å². The van der Waals surface area contributed by atoms with E-state index < -0.39 is 49.1 Å². The molecule has 0 saturated heterocycles. The maximum atomic E-state index is 14.2. The van der Waals surface area contributed by atoms with Gasteiger partial charge in [-0.15, -0.1) is 5.10 Å². The Labute approximate surface area is 196 Å². The molecule has 0 spiro atoms. The van der Waals surface area contributed by atoms with Crippen molar-refractivity contribution in [1.82, 2.24) is 19.7 Å². The number of rotatable bonds is 9. The van der Waals surface area contributed by atoms with Gasteiger partial charge < -0.3 is 10.4 Å². The molecule has 0 fully saturated rings. The van der Waals surface area contributed by atoms with E-state index in [0.29, 0.717) is 10.6 Å². The lowest BCUT2D eigenvalue weighted by molar-refractivity contribution is -0.136. The van der Waals surface area contributed by atoms with Gasteiger partial charge in [0.1, 0.15) is 12.4 Å². The molecule has 2 N–H and O–H groups in total. The van der Waals surface area contributed by atoms with Crippen molar-refractivity contribution in [3.05, 3.63) is 75.4 Å². The maximum absolute atomic E-state index is 14.2. The summed E-state index contributed by atoms with van der Waals surface area (Å²) in [6, 6.07) is 10.8.